The summed E-state index contributed by atoms with van der Waals surface area (Å²) in [5, 5.41) is 6.36. The highest BCUT2D eigenvalue weighted by atomic mass is 32.2. The van der Waals surface area contributed by atoms with Crippen LogP contribution in [0.25, 0.3) is 10.2 Å². The molecule has 2 heterocycles. The van der Waals surface area contributed by atoms with Gasteiger partial charge in [-0.05, 0) is 56.7 Å². The highest BCUT2D eigenvalue weighted by molar-refractivity contribution is 8.00. The molecule has 0 radical (unpaired) electrons. The maximum absolute atomic E-state index is 12.7. The van der Waals surface area contributed by atoms with Crippen molar-refractivity contribution in [3.8, 4) is 0 Å². The monoisotopic (exact) mass is 457 g/mol. The van der Waals surface area contributed by atoms with Crippen LogP contribution in [0.4, 0.5) is 11.4 Å². The Kier molecular flexibility index (Phi) is 7.29. The molecule has 0 aliphatic heterocycles. The van der Waals surface area contributed by atoms with Gasteiger partial charge in [-0.15, -0.1) is 23.1 Å². The number of esters is 1. The summed E-state index contributed by atoms with van der Waals surface area (Å²) < 4.78 is 5.18. The predicted octanol–water partition coefficient (Wildman–Crippen LogP) is 4.78. The van der Waals surface area contributed by atoms with E-state index in [-0.39, 0.29) is 24.2 Å². The standard InChI is InChI=1S/C22H23N3O4S2/c1-5-29-22(28)20-19(18-12(2)10-13(3)23-21(18)31-20)25-17(27)11-30-16-8-6-15(7-9-16)24-14(4)26/h6-10H,5,11H2,1-4H3,(H,24,26)(H,25,27). The van der Waals surface area contributed by atoms with E-state index in [1.54, 1.807) is 19.1 Å². The van der Waals surface area contributed by atoms with Crippen LogP contribution in [-0.4, -0.2) is 35.1 Å². The second-order valence-electron chi connectivity index (χ2n) is 6.83. The lowest BCUT2D eigenvalue weighted by Gasteiger charge is -2.09. The lowest BCUT2D eigenvalue weighted by molar-refractivity contribution is -0.114. The molecule has 0 aliphatic rings. The van der Waals surface area contributed by atoms with Crippen molar-refractivity contribution in [1.82, 2.24) is 4.98 Å². The van der Waals surface area contributed by atoms with Gasteiger partial charge in [-0.25, -0.2) is 9.78 Å². The van der Waals surface area contributed by atoms with Crippen LogP contribution in [-0.2, 0) is 14.3 Å². The predicted molar refractivity (Wildman–Crippen MR) is 125 cm³/mol. The van der Waals surface area contributed by atoms with Crippen LogP contribution < -0.4 is 10.6 Å². The number of thiophene rings is 1. The number of nitrogens with zero attached hydrogens (tertiary/aromatic N) is 1. The number of thioether (sulfide) groups is 1. The second-order valence-corrected chi connectivity index (χ2v) is 8.88. The summed E-state index contributed by atoms with van der Waals surface area (Å²) in [6.45, 7) is 7.26. The molecular weight excluding hydrogens is 434 g/mol. The Balaban J connectivity index is 1.78. The lowest BCUT2D eigenvalue weighted by Crippen LogP contribution is -2.16. The highest BCUT2D eigenvalue weighted by Gasteiger charge is 2.23. The number of amides is 2. The number of fused-ring (bicyclic) bond motifs is 1. The molecule has 0 bridgehead atoms. The van der Waals surface area contributed by atoms with E-state index in [0.29, 0.717) is 21.1 Å². The van der Waals surface area contributed by atoms with Gasteiger partial charge in [0.15, 0.2) is 0 Å². The summed E-state index contributed by atoms with van der Waals surface area (Å²) in [5.41, 5.74) is 2.93. The molecule has 0 unspecified atom stereocenters. The van der Waals surface area contributed by atoms with Gasteiger partial charge in [-0.3, -0.25) is 9.59 Å². The van der Waals surface area contributed by atoms with Gasteiger partial charge in [0, 0.05) is 28.6 Å². The minimum atomic E-state index is -0.473. The average Bonchev–Trinajstić information content (AvgIpc) is 3.05. The van der Waals surface area contributed by atoms with Crippen molar-refractivity contribution in [1.29, 1.82) is 0 Å². The number of hydrogen-bond acceptors (Lipinski definition) is 7. The number of ether oxygens (including phenoxy) is 1. The Bertz CT molecular complexity index is 1140. The zero-order valence-electron chi connectivity index (χ0n) is 17.7. The smallest absolute Gasteiger partial charge is 0.350 e. The topological polar surface area (TPSA) is 97.4 Å². The molecule has 162 valence electrons. The number of nitrogens with one attached hydrogen (secondary N) is 2. The van der Waals surface area contributed by atoms with E-state index < -0.39 is 5.97 Å². The Morgan fingerprint density at radius 1 is 1.13 bits per heavy atom. The molecule has 2 N–H and O–H groups in total. The third kappa shape index (κ3) is 5.62. The Morgan fingerprint density at radius 2 is 1.84 bits per heavy atom. The fraction of sp³-hybridized carbons (Fsp3) is 0.273. The van der Waals surface area contributed by atoms with E-state index in [4.69, 9.17) is 4.74 Å². The second kappa shape index (κ2) is 9.93. The first-order valence-corrected chi connectivity index (χ1v) is 11.5. The first-order valence-electron chi connectivity index (χ1n) is 9.66. The molecule has 0 atom stereocenters. The SMILES string of the molecule is CCOC(=O)c1sc2nc(C)cc(C)c2c1NC(=O)CSc1ccc(NC(C)=O)cc1. The largest absolute Gasteiger partial charge is 0.462 e. The number of hydrogen-bond donors (Lipinski definition) is 2. The van der Waals surface area contributed by atoms with Crippen LogP contribution in [0, 0.1) is 13.8 Å². The van der Waals surface area contributed by atoms with Crippen molar-refractivity contribution in [2.45, 2.75) is 32.6 Å². The van der Waals surface area contributed by atoms with Gasteiger partial charge in [-0.1, -0.05) is 0 Å². The van der Waals surface area contributed by atoms with Crippen LogP contribution in [0.5, 0.6) is 0 Å². The number of pyridine rings is 1. The first kappa shape index (κ1) is 22.8. The molecule has 2 aromatic heterocycles. The summed E-state index contributed by atoms with van der Waals surface area (Å²) in [4.78, 5) is 42.7. The number of carbonyl (C=O) groups excluding carboxylic acids is 3. The van der Waals surface area contributed by atoms with E-state index >= 15 is 0 Å². The number of carbonyl (C=O) groups is 3. The number of aryl methyl sites for hydroxylation is 2. The Morgan fingerprint density at radius 3 is 2.48 bits per heavy atom. The summed E-state index contributed by atoms with van der Waals surface area (Å²) in [6.07, 6.45) is 0. The normalized spacial score (nSPS) is 10.7. The van der Waals surface area contributed by atoms with Gasteiger partial charge in [0.25, 0.3) is 0 Å². The van der Waals surface area contributed by atoms with Gasteiger partial charge in [0.05, 0.1) is 18.0 Å². The van der Waals surface area contributed by atoms with Gasteiger partial charge < -0.3 is 15.4 Å². The zero-order valence-corrected chi connectivity index (χ0v) is 19.3. The van der Waals surface area contributed by atoms with Crippen molar-refractivity contribution in [2.24, 2.45) is 0 Å². The molecule has 2 amide bonds. The number of rotatable bonds is 7. The zero-order chi connectivity index (χ0) is 22.5. The van der Waals surface area contributed by atoms with E-state index in [1.807, 2.05) is 32.0 Å². The van der Waals surface area contributed by atoms with Crippen LogP contribution in [0.3, 0.4) is 0 Å². The van der Waals surface area contributed by atoms with Crippen LogP contribution in [0.2, 0.25) is 0 Å². The van der Waals surface area contributed by atoms with Gasteiger partial charge in [0.2, 0.25) is 11.8 Å². The highest BCUT2D eigenvalue weighted by Crippen LogP contribution is 2.38. The van der Waals surface area contributed by atoms with E-state index in [2.05, 4.69) is 15.6 Å². The van der Waals surface area contributed by atoms with E-state index in [1.165, 1.54) is 30.0 Å². The van der Waals surface area contributed by atoms with Gasteiger partial charge in [0.1, 0.15) is 9.71 Å². The molecule has 7 nitrogen and oxygen atoms in total. The van der Waals surface area contributed by atoms with Crippen molar-refractivity contribution in [3.63, 3.8) is 0 Å². The number of benzene rings is 1. The van der Waals surface area contributed by atoms with Crippen LogP contribution in [0.15, 0.2) is 35.2 Å². The molecule has 9 heteroatoms. The summed E-state index contributed by atoms with van der Waals surface area (Å²) in [6, 6.07) is 9.16. The molecule has 0 spiro atoms. The average molecular weight is 458 g/mol. The maximum Gasteiger partial charge on any atom is 0.350 e. The Labute approximate surface area is 188 Å². The fourth-order valence-electron chi connectivity index (χ4n) is 3.06. The first-order chi connectivity index (χ1) is 14.8. The van der Waals surface area contributed by atoms with Gasteiger partial charge >= 0.3 is 5.97 Å². The third-order valence-electron chi connectivity index (χ3n) is 4.26. The summed E-state index contributed by atoms with van der Waals surface area (Å²) >= 11 is 2.58. The molecule has 0 saturated carbocycles. The summed E-state index contributed by atoms with van der Waals surface area (Å²) in [5.74, 6) is -0.683. The third-order valence-corrected chi connectivity index (χ3v) is 6.33. The van der Waals surface area contributed by atoms with E-state index in [0.717, 1.165) is 21.5 Å². The van der Waals surface area contributed by atoms with Crippen molar-refractivity contribution in [3.05, 3.63) is 46.5 Å². The molecule has 0 saturated heterocycles. The lowest BCUT2D eigenvalue weighted by atomic mass is 10.1. The molecule has 3 rings (SSSR count). The van der Waals surface area contributed by atoms with Crippen LogP contribution >= 0.6 is 23.1 Å². The van der Waals surface area contributed by atoms with Gasteiger partial charge in [-0.2, -0.15) is 0 Å². The maximum atomic E-state index is 12.7. The molecule has 1 aromatic carbocycles. The number of anilines is 2. The minimum absolute atomic E-state index is 0.139. The minimum Gasteiger partial charge on any atom is -0.462 e. The van der Waals surface area contributed by atoms with Crippen molar-refractivity contribution in [2.75, 3.05) is 23.0 Å². The van der Waals surface area contributed by atoms with E-state index in [9.17, 15) is 14.4 Å². The molecule has 0 fully saturated rings. The molecule has 3 aromatic rings. The Hall–Kier alpha value is -2.91. The molecular formula is C22H23N3O4S2. The quantitative estimate of drug-likeness (QED) is 0.391. The number of aromatic nitrogens is 1. The molecule has 0 aliphatic carbocycles. The fourth-order valence-corrected chi connectivity index (χ4v) is 4.91. The summed E-state index contributed by atoms with van der Waals surface area (Å²) in [7, 11) is 0. The van der Waals surface area contributed by atoms with Crippen molar-refractivity contribution >= 4 is 62.5 Å². The van der Waals surface area contributed by atoms with Crippen molar-refractivity contribution < 1.29 is 19.1 Å². The van der Waals surface area contributed by atoms with Crippen LogP contribution in [0.1, 0.15) is 34.8 Å². The molecule has 31 heavy (non-hydrogen) atoms.